The van der Waals surface area contributed by atoms with Crippen molar-refractivity contribution in [2.45, 2.75) is 6.92 Å². The predicted molar refractivity (Wildman–Crippen MR) is 89.7 cm³/mol. The van der Waals surface area contributed by atoms with E-state index >= 15 is 0 Å². The number of nitrogens with zero attached hydrogens (tertiary/aromatic N) is 4. The second-order valence-corrected chi connectivity index (χ2v) is 4.81. The normalized spacial score (nSPS) is 11.8. The van der Waals surface area contributed by atoms with Gasteiger partial charge in [-0.1, -0.05) is 30.3 Å². The molecule has 0 radical (unpaired) electrons. The van der Waals surface area contributed by atoms with Crippen molar-refractivity contribution in [3.05, 3.63) is 66.3 Å². The van der Waals surface area contributed by atoms with Crippen molar-refractivity contribution >= 4 is 18.2 Å². The van der Waals surface area contributed by atoms with E-state index in [1.165, 1.54) is 0 Å². The highest BCUT2D eigenvalue weighted by atomic mass is 16.3. The van der Waals surface area contributed by atoms with Crippen LogP contribution in [0.2, 0.25) is 0 Å². The van der Waals surface area contributed by atoms with E-state index < -0.39 is 0 Å². The first-order valence-electron chi connectivity index (χ1n) is 7.07. The van der Waals surface area contributed by atoms with Crippen molar-refractivity contribution in [1.29, 1.82) is 0 Å². The zero-order chi connectivity index (χ0) is 15.9. The molecule has 0 saturated heterocycles. The number of allylic oxidation sites excluding steroid dienone is 1. The summed E-state index contributed by atoms with van der Waals surface area (Å²) in [5.41, 5.74) is 5.42. The van der Waals surface area contributed by atoms with Crippen LogP contribution in [0.1, 0.15) is 12.7 Å². The summed E-state index contributed by atoms with van der Waals surface area (Å²) >= 11 is 0. The van der Waals surface area contributed by atoms with E-state index in [0.717, 1.165) is 22.6 Å². The summed E-state index contributed by atoms with van der Waals surface area (Å²) in [4.78, 5) is 4.38. The standard InChI is InChI=1S/C17H15N5O/c1-13(10-15-8-5-9-23-15)11-18-21-17-20-16(12-19-22-17)14-6-3-2-4-7-14/h2-12H,1H3,(H,20,21,22)/b13-10-,18-11+. The van der Waals surface area contributed by atoms with Gasteiger partial charge in [0.2, 0.25) is 0 Å². The molecule has 0 spiro atoms. The Hall–Kier alpha value is -3.28. The van der Waals surface area contributed by atoms with Gasteiger partial charge in [-0.3, -0.25) is 0 Å². The molecule has 0 aliphatic carbocycles. The highest BCUT2D eigenvalue weighted by molar-refractivity contribution is 5.84. The van der Waals surface area contributed by atoms with E-state index in [-0.39, 0.29) is 0 Å². The molecule has 2 aromatic heterocycles. The highest BCUT2D eigenvalue weighted by Gasteiger charge is 2.01. The maximum atomic E-state index is 5.24. The lowest BCUT2D eigenvalue weighted by Crippen LogP contribution is -1.99. The van der Waals surface area contributed by atoms with Crippen LogP contribution in [0.3, 0.4) is 0 Å². The van der Waals surface area contributed by atoms with Gasteiger partial charge in [-0.2, -0.15) is 10.2 Å². The van der Waals surface area contributed by atoms with Crippen LogP contribution in [0.5, 0.6) is 0 Å². The molecule has 3 rings (SSSR count). The lowest BCUT2D eigenvalue weighted by Gasteiger charge is -2.01. The number of anilines is 1. The van der Waals surface area contributed by atoms with Gasteiger partial charge in [0, 0.05) is 5.56 Å². The fourth-order valence-corrected chi connectivity index (χ4v) is 1.93. The van der Waals surface area contributed by atoms with Crippen LogP contribution in [-0.2, 0) is 0 Å². The third-order valence-electron chi connectivity index (χ3n) is 2.97. The monoisotopic (exact) mass is 305 g/mol. The third kappa shape index (κ3) is 4.10. The van der Waals surface area contributed by atoms with Gasteiger partial charge in [0.1, 0.15) is 5.76 Å². The Morgan fingerprint density at radius 1 is 1.17 bits per heavy atom. The van der Waals surface area contributed by atoms with Crippen LogP contribution in [0.15, 0.2) is 70.0 Å². The van der Waals surface area contributed by atoms with Gasteiger partial charge in [-0.15, -0.1) is 5.10 Å². The molecular weight excluding hydrogens is 290 g/mol. The summed E-state index contributed by atoms with van der Waals surface area (Å²) in [6.45, 7) is 1.92. The number of hydrogen-bond donors (Lipinski definition) is 1. The van der Waals surface area contributed by atoms with E-state index in [9.17, 15) is 0 Å². The van der Waals surface area contributed by atoms with Gasteiger partial charge in [-0.25, -0.2) is 10.4 Å². The lowest BCUT2D eigenvalue weighted by atomic mass is 10.2. The largest absolute Gasteiger partial charge is 0.465 e. The number of benzene rings is 1. The second-order valence-electron chi connectivity index (χ2n) is 4.81. The molecule has 3 aromatic rings. The number of hydrazone groups is 1. The molecule has 0 saturated carbocycles. The molecule has 0 atom stereocenters. The molecule has 1 aromatic carbocycles. The zero-order valence-electron chi connectivity index (χ0n) is 12.5. The zero-order valence-corrected chi connectivity index (χ0v) is 12.5. The molecule has 0 fully saturated rings. The molecule has 6 heteroatoms. The van der Waals surface area contributed by atoms with Crippen LogP contribution in [-0.4, -0.2) is 21.4 Å². The summed E-state index contributed by atoms with van der Waals surface area (Å²) in [5, 5.41) is 12.0. The summed E-state index contributed by atoms with van der Waals surface area (Å²) in [5.74, 6) is 1.12. The maximum Gasteiger partial charge on any atom is 0.263 e. The van der Waals surface area contributed by atoms with Gasteiger partial charge < -0.3 is 4.42 Å². The summed E-state index contributed by atoms with van der Waals surface area (Å²) in [6.07, 6.45) is 6.79. The van der Waals surface area contributed by atoms with Crippen molar-refractivity contribution in [3.8, 4) is 11.3 Å². The number of hydrogen-bond acceptors (Lipinski definition) is 6. The SMILES string of the molecule is CC(=C/c1ccco1)/C=N/Nc1nncc(-c2ccccc2)n1. The molecule has 0 amide bonds. The van der Waals surface area contributed by atoms with Crippen molar-refractivity contribution in [2.75, 3.05) is 5.43 Å². The second kappa shape index (κ2) is 7.13. The van der Waals surface area contributed by atoms with Gasteiger partial charge in [-0.05, 0) is 30.7 Å². The van der Waals surface area contributed by atoms with E-state index in [1.54, 1.807) is 18.7 Å². The van der Waals surface area contributed by atoms with Crippen molar-refractivity contribution in [1.82, 2.24) is 15.2 Å². The molecule has 6 nitrogen and oxygen atoms in total. The van der Waals surface area contributed by atoms with Gasteiger partial charge in [0.15, 0.2) is 0 Å². The first-order chi connectivity index (χ1) is 11.3. The smallest absolute Gasteiger partial charge is 0.263 e. The first-order valence-corrected chi connectivity index (χ1v) is 7.07. The van der Waals surface area contributed by atoms with Crippen LogP contribution in [0, 0.1) is 0 Å². The third-order valence-corrected chi connectivity index (χ3v) is 2.97. The fraction of sp³-hybridized carbons (Fsp3) is 0.0588. The average Bonchev–Trinajstić information content (AvgIpc) is 3.09. The Morgan fingerprint density at radius 3 is 2.83 bits per heavy atom. The van der Waals surface area contributed by atoms with Crippen LogP contribution < -0.4 is 5.43 Å². The van der Waals surface area contributed by atoms with Crippen LogP contribution in [0.4, 0.5) is 5.95 Å². The molecular formula is C17H15N5O. The summed E-state index contributed by atoms with van der Waals surface area (Å²) in [7, 11) is 0. The molecule has 0 aliphatic heterocycles. The van der Waals surface area contributed by atoms with E-state index in [0.29, 0.717) is 5.95 Å². The number of furan rings is 1. The highest BCUT2D eigenvalue weighted by Crippen LogP contribution is 2.15. The molecule has 114 valence electrons. The fourth-order valence-electron chi connectivity index (χ4n) is 1.93. The Morgan fingerprint density at radius 2 is 2.04 bits per heavy atom. The molecule has 1 N–H and O–H groups in total. The van der Waals surface area contributed by atoms with Crippen molar-refractivity contribution in [3.63, 3.8) is 0 Å². The lowest BCUT2D eigenvalue weighted by molar-refractivity contribution is 0.557. The summed E-state index contributed by atoms with van der Waals surface area (Å²) in [6, 6.07) is 13.5. The molecule has 0 unspecified atom stereocenters. The van der Waals surface area contributed by atoms with E-state index in [1.807, 2.05) is 55.5 Å². The molecule has 0 bridgehead atoms. The van der Waals surface area contributed by atoms with E-state index in [4.69, 9.17) is 4.42 Å². The van der Waals surface area contributed by atoms with Gasteiger partial charge >= 0.3 is 0 Å². The Bertz CT molecular complexity index is 810. The predicted octanol–water partition coefficient (Wildman–Crippen LogP) is 3.63. The number of aromatic nitrogens is 3. The molecule has 2 heterocycles. The minimum absolute atomic E-state index is 0.341. The van der Waals surface area contributed by atoms with E-state index in [2.05, 4.69) is 25.7 Å². The molecule has 0 aliphatic rings. The summed E-state index contributed by atoms with van der Waals surface area (Å²) < 4.78 is 5.24. The first kappa shape index (κ1) is 14.6. The number of nitrogens with one attached hydrogen (secondary N) is 1. The minimum Gasteiger partial charge on any atom is -0.465 e. The average molecular weight is 305 g/mol. The molecule has 23 heavy (non-hydrogen) atoms. The Labute approximate surface area is 133 Å². The van der Waals surface area contributed by atoms with Crippen molar-refractivity contribution < 1.29 is 4.42 Å². The van der Waals surface area contributed by atoms with Crippen molar-refractivity contribution in [2.24, 2.45) is 5.10 Å². The Kier molecular flexibility index (Phi) is 4.54. The minimum atomic E-state index is 0.341. The van der Waals surface area contributed by atoms with Gasteiger partial charge in [0.25, 0.3) is 5.95 Å². The Balaban J connectivity index is 1.68. The maximum absolute atomic E-state index is 5.24. The number of rotatable bonds is 5. The topological polar surface area (TPSA) is 76.2 Å². The van der Waals surface area contributed by atoms with Crippen LogP contribution >= 0.6 is 0 Å². The quantitative estimate of drug-likeness (QED) is 0.575. The van der Waals surface area contributed by atoms with Crippen LogP contribution in [0.25, 0.3) is 17.3 Å². The van der Waals surface area contributed by atoms with Gasteiger partial charge in [0.05, 0.1) is 24.4 Å².